The molecular weight excluding hydrogens is 396 g/mol. The van der Waals surface area contributed by atoms with Gasteiger partial charge in [-0.3, -0.25) is 0 Å². The highest BCUT2D eigenvalue weighted by atomic mass is 35.5. The number of rotatable bonds is 3. The van der Waals surface area contributed by atoms with Gasteiger partial charge in [-0.25, -0.2) is 0 Å². The van der Waals surface area contributed by atoms with Crippen molar-refractivity contribution in [1.29, 1.82) is 5.26 Å². The number of ether oxygens (including phenoxy) is 2. The number of nitriles is 1. The van der Waals surface area contributed by atoms with E-state index in [1.165, 1.54) is 0 Å². The minimum absolute atomic E-state index is 0.633. The average molecular weight is 413 g/mol. The molecular formula is C25H17ClN2O2. The molecule has 146 valence electrons. The summed E-state index contributed by atoms with van der Waals surface area (Å²) < 4.78 is 10.8. The summed E-state index contributed by atoms with van der Waals surface area (Å²) in [6, 6.07) is 21.9. The van der Waals surface area contributed by atoms with Crippen molar-refractivity contribution in [2.75, 3.05) is 14.2 Å². The molecule has 0 spiro atoms. The number of hydrogen-bond acceptors (Lipinski definition) is 3. The first-order valence-electron chi connectivity index (χ1n) is 9.43. The fourth-order valence-corrected chi connectivity index (χ4v) is 4.31. The summed E-state index contributed by atoms with van der Waals surface area (Å²) in [6.07, 6.45) is 0. The lowest BCUT2D eigenvalue weighted by atomic mass is 9.91. The number of nitrogens with zero attached hydrogens (tertiary/aromatic N) is 1. The zero-order valence-corrected chi connectivity index (χ0v) is 17.2. The molecule has 5 rings (SSSR count). The third-order valence-corrected chi connectivity index (χ3v) is 5.75. The van der Waals surface area contributed by atoms with Gasteiger partial charge in [0, 0.05) is 32.3 Å². The molecule has 0 atom stereocenters. The maximum absolute atomic E-state index is 10.1. The summed E-state index contributed by atoms with van der Waals surface area (Å²) in [7, 11) is 3.29. The molecule has 4 nitrogen and oxygen atoms in total. The number of fused-ring (bicyclic) bond motifs is 4. The zero-order chi connectivity index (χ0) is 20.8. The van der Waals surface area contributed by atoms with Crippen molar-refractivity contribution in [3.05, 3.63) is 71.2 Å². The van der Waals surface area contributed by atoms with Crippen LogP contribution in [0, 0.1) is 11.3 Å². The van der Waals surface area contributed by atoms with Gasteiger partial charge in [0.15, 0.2) is 0 Å². The highest BCUT2D eigenvalue weighted by molar-refractivity contribution is 6.32. The third-order valence-electron chi connectivity index (χ3n) is 5.52. The van der Waals surface area contributed by atoms with E-state index in [-0.39, 0.29) is 0 Å². The number of aromatic amines is 1. The molecule has 1 N–H and O–H groups in total. The molecule has 1 aromatic heterocycles. The Hall–Kier alpha value is -3.68. The van der Waals surface area contributed by atoms with Gasteiger partial charge in [0.25, 0.3) is 0 Å². The van der Waals surface area contributed by atoms with Gasteiger partial charge >= 0.3 is 0 Å². The maximum atomic E-state index is 10.1. The van der Waals surface area contributed by atoms with Gasteiger partial charge < -0.3 is 14.5 Å². The summed E-state index contributed by atoms with van der Waals surface area (Å²) in [5.41, 5.74) is 4.45. The van der Waals surface area contributed by atoms with Gasteiger partial charge in [-0.15, -0.1) is 0 Å². The Bertz CT molecular complexity index is 1480. The Morgan fingerprint density at radius 1 is 0.833 bits per heavy atom. The second-order valence-electron chi connectivity index (χ2n) is 7.07. The Kier molecular flexibility index (Phi) is 4.27. The molecule has 5 aromatic rings. The van der Waals surface area contributed by atoms with E-state index in [0.29, 0.717) is 10.6 Å². The number of halogens is 1. The molecule has 0 radical (unpaired) electrons. The molecule has 5 heteroatoms. The Balaban J connectivity index is 2.02. The first-order chi connectivity index (χ1) is 14.6. The average Bonchev–Trinajstić information content (AvgIpc) is 3.14. The van der Waals surface area contributed by atoms with E-state index in [4.69, 9.17) is 21.1 Å². The Morgan fingerprint density at radius 2 is 1.53 bits per heavy atom. The van der Waals surface area contributed by atoms with Crippen molar-refractivity contribution in [3.8, 4) is 28.7 Å². The highest BCUT2D eigenvalue weighted by Crippen LogP contribution is 2.43. The number of nitrogens with one attached hydrogen (secondary N) is 1. The summed E-state index contributed by atoms with van der Waals surface area (Å²) >= 11 is 6.24. The van der Waals surface area contributed by atoms with E-state index in [2.05, 4.69) is 11.1 Å². The van der Waals surface area contributed by atoms with Crippen LogP contribution >= 0.6 is 11.6 Å². The summed E-state index contributed by atoms with van der Waals surface area (Å²) in [5, 5.41) is 14.4. The number of hydrogen-bond donors (Lipinski definition) is 1. The van der Waals surface area contributed by atoms with Gasteiger partial charge in [-0.1, -0.05) is 29.8 Å². The molecule has 0 unspecified atom stereocenters. The SMILES string of the molecule is COc1ccc(-c2c3cc(OC)ccc3c(C#N)c3c2[nH]c2cc(Cl)ccc23)cc1. The van der Waals surface area contributed by atoms with Crippen molar-refractivity contribution in [2.24, 2.45) is 0 Å². The standard InChI is InChI=1S/C25H17ClN2O2/c1-29-16-6-3-14(4-7-16)23-20-12-17(30-2)8-10-18(20)21(13-27)24-19-9-5-15(26)11-22(19)28-25(23)24/h3-12,28H,1-2H3. The molecule has 0 aliphatic carbocycles. The minimum Gasteiger partial charge on any atom is -0.497 e. The lowest BCUT2D eigenvalue weighted by molar-refractivity contribution is 0.415. The third kappa shape index (κ3) is 2.67. The summed E-state index contributed by atoms with van der Waals surface area (Å²) in [4.78, 5) is 3.51. The molecule has 0 saturated carbocycles. The number of benzene rings is 4. The van der Waals surface area contributed by atoms with E-state index in [1.807, 2.05) is 60.7 Å². The van der Waals surface area contributed by atoms with E-state index < -0.39 is 0 Å². The number of methoxy groups -OCH3 is 2. The molecule has 1 heterocycles. The Morgan fingerprint density at radius 3 is 2.23 bits per heavy atom. The van der Waals surface area contributed by atoms with E-state index >= 15 is 0 Å². The molecule has 30 heavy (non-hydrogen) atoms. The highest BCUT2D eigenvalue weighted by Gasteiger charge is 2.20. The van der Waals surface area contributed by atoms with Crippen LogP contribution in [0.2, 0.25) is 5.02 Å². The topological polar surface area (TPSA) is 58.0 Å². The minimum atomic E-state index is 0.633. The first-order valence-corrected chi connectivity index (χ1v) is 9.81. The maximum Gasteiger partial charge on any atom is 0.119 e. The quantitative estimate of drug-likeness (QED) is 0.359. The van der Waals surface area contributed by atoms with E-state index in [9.17, 15) is 5.26 Å². The predicted octanol–water partition coefficient (Wildman–Crippen LogP) is 6.68. The summed E-state index contributed by atoms with van der Waals surface area (Å²) in [5.74, 6) is 1.52. The monoisotopic (exact) mass is 412 g/mol. The van der Waals surface area contributed by atoms with Crippen LogP contribution in [0.4, 0.5) is 0 Å². The van der Waals surface area contributed by atoms with E-state index in [0.717, 1.165) is 55.2 Å². The van der Waals surface area contributed by atoms with Gasteiger partial charge in [-0.05, 0) is 53.4 Å². The molecule has 0 amide bonds. The Labute approximate surface area is 178 Å². The van der Waals surface area contributed by atoms with Crippen LogP contribution in [0.1, 0.15) is 5.56 Å². The van der Waals surface area contributed by atoms with Crippen molar-refractivity contribution in [3.63, 3.8) is 0 Å². The van der Waals surface area contributed by atoms with Crippen molar-refractivity contribution in [2.45, 2.75) is 0 Å². The van der Waals surface area contributed by atoms with Crippen LogP contribution < -0.4 is 9.47 Å². The van der Waals surface area contributed by atoms with Crippen LogP contribution in [0.5, 0.6) is 11.5 Å². The van der Waals surface area contributed by atoms with Crippen LogP contribution in [-0.2, 0) is 0 Å². The van der Waals surface area contributed by atoms with Crippen molar-refractivity contribution < 1.29 is 9.47 Å². The lowest BCUT2D eigenvalue weighted by Gasteiger charge is -2.13. The molecule has 0 bridgehead atoms. The van der Waals surface area contributed by atoms with Crippen LogP contribution in [0.3, 0.4) is 0 Å². The zero-order valence-electron chi connectivity index (χ0n) is 16.4. The largest absolute Gasteiger partial charge is 0.497 e. The van der Waals surface area contributed by atoms with Crippen molar-refractivity contribution in [1.82, 2.24) is 4.98 Å². The second-order valence-corrected chi connectivity index (χ2v) is 7.50. The van der Waals surface area contributed by atoms with Crippen LogP contribution in [0.15, 0.2) is 60.7 Å². The van der Waals surface area contributed by atoms with Crippen molar-refractivity contribution >= 4 is 44.2 Å². The van der Waals surface area contributed by atoms with Gasteiger partial charge in [0.05, 0.1) is 25.3 Å². The fraction of sp³-hybridized carbons (Fsp3) is 0.0800. The number of H-pyrrole nitrogens is 1. The molecule has 0 saturated heterocycles. The van der Waals surface area contributed by atoms with Crippen LogP contribution in [-0.4, -0.2) is 19.2 Å². The number of aromatic nitrogens is 1. The second kappa shape index (κ2) is 6.98. The van der Waals surface area contributed by atoms with Gasteiger partial charge in [0.2, 0.25) is 0 Å². The van der Waals surface area contributed by atoms with Gasteiger partial charge in [0.1, 0.15) is 17.6 Å². The molecule has 0 fully saturated rings. The lowest BCUT2D eigenvalue weighted by Crippen LogP contribution is -1.91. The smallest absolute Gasteiger partial charge is 0.119 e. The normalized spacial score (nSPS) is 11.1. The molecule has 0 aliphatic heterocycles. The predicted molar refractivity (Wildman–Crippen MR) is 122 cm³/mol. The van der Waals surface area contributed by atoms with Crippen LogP contribution in [0.25, 0.3) is 43.7 Å². The summed E-state index contributed by atoms with van der Waals surface area (Å²) in [6.45, 7) is 0. The molecule has 0 aliphatic rings. The first kappa shape index (κ1) is 18.4. The van der Waals surface area contributed by atoms with E-state index in [1.54, 1.807) is 14.2 Å². The van der Waals surface area contributed by atoms with Gasteiger partial charge in [-0.2, -0.15) is 5.26 Å². The fourth-order valence-electron chi connectivity index (χ4n) is 4.14. The molecule has 4 aromatic carbocycles.